The molecule has 1 N–H and O–H groups in total. The van der Waals surface area contributed by atoms with Crippen LogP contribution in [0.1, 0.15) is 36.7 Å². The minimum atomic E-state index is -0.133. The summed E-state index contributed by atoms with van der Waals surface area (Å²) >= 11 is 1.41. The van der Waals surface area contributed by atoms with Gasteiger partial charge in [0.1, 0.15) is 0 Å². The number of nitrogens with zero attached hydrogens (tertiary/aromatic N) is 1. The predicted octanol–water partition coefficient (Wildman–Crippen LogP) is 4.45. The van der Waals surface area contributed by atoms with Gasteiger partial charge in [-0.1, -0.05) is 45.1 Å². The molecule has 0 aliphatic rings. The highest BCUT2D eigenvalue weighted by molar-refractivity contribution is 7.13. The Kier molecular flexibility index (Phi) is 4.35. The summed E-state index contributed by atoms with van der Waals surface area (Å²) < 4.78 is 0. The molecule has 0 radical (unpaired) electrons. The average molecular weight is 286 g/mol. The summed E-state index contributed by atoms with van der Waals surface area (Å²) in [7, 11) is 0. The fourth-order valence-electron chi connectivity index (χ4n) is 1.55. The SMILES string of the molecule is CC(C)(C)C=Cc1ccc(C(=O)Nc2nccs2)cc1. The molecule has 0 aliphatic heterocycles. The lowest BCUT2D eigenvalue weighted by Gasteiger charge is -2.11. The molecule has 0 saturated carbocycles. The number of aromatic nitrogens is 1. The lowest BCUT2D eigenvalue weighted by atomic mass is 9.95. The zero-order valence-corrected chi connectivity index (χ0v) is 12.7. The van der Waals surface area contributed by atoms with Gasteiger partial charge in [0.05, 0.1) is 0 Å². The molecule has 0 saturated heterocycles. The Morgan fingerprint density at radius 1 is 1.25 bits per heavy atom. The van der Waals surface area contributed by atoms with E-state index < -0.39 is 0 Å². The summed E-state index contributed by atoms with van der Waals surface area (Å²) in [6, 6.07) is 7.54. The topological polar surface area (TPSA) is 42.0 Å². The maximum absolute atomic E-state index is 12.0. The van der Waals surface area contributed by atoms with Gasteiger partial charge in [0.15, 0.2) is 5.13 Å². The molecule has 0 spiro atoms. The number of thiazole rings is 1. The van der Waals surface area contributed by atoms with E-state index in [1.165, 1.54) is 11.3 Å². The number of hydrogen-bond donors (Lipinski definition) is 1. The smallest absolute Gasteiger partial charge is 0.257 e. The van der Waals surface area contributed by atoms with E-state index in [1.54, 1.807) is 6.20 Å². The van der Waals surface area contributed by atoms with E-state index in [0.717, 1.165) is 5.56 Å². The van der Waals surface area contributed by atoms with Crippen LogP contribution in [0.2, 0.25) is 0 Å². The highest BCUT2D eigenvalue weighted by atomic mass is 32.1. The van der Waals surface area contributed by atoms with Gasteiger partial charge in [-0.2, -0.15) is 0 Å². The molecule has 3 nitrogen and oxygen atoms in total. The fraction of sp³-hybridized carbons (Fsp3) is 0.250. The zero-order valence-electron chi connectivity index (χ0n) is 11.9. The van der Waals surface area contributed by atoms with Gasteiger partial charge in [-0.05, 0) is 23.1 Å². The van der Waals surface area contributed by atoms with Gasteiger partial charge in [-0.3, -0.25) is 10.1 Å². The molecule has 104 valence electrons. The Balaban J connectivity index is 2.04. The second-order valence-corrected chi connectivity index (χ2v) is 6.51. The van der Waals surface area contributed by atoms with Crippen LogP contribution < -0.4 is 5.32 Å². The third kappa shape index (κ3) is 4.31. The molecular formula is C16H18N2OS. The number of amides is 1. The summed E-state index contributed by atoms with van der Waals surface area (Å²) in [5.41, 5.74) is 1.87. The summed E-state index contributed by atoms with van der Waals surface area (Å²) in [6.07, 6.45) is 5.89. The van der Waals surface area contributed by atoms with Crippen molar-refractivity contribution >= 4 is 28.5 Å². The molecule has 2 aromatic rings. The van der Waals surface area contributed by atoms with Crippen molar-refractivity contribution in [3.05, 3.63) is 53.0 Å². The number of carbonyl (C=O) groups is 1. The molecule has 1 aromatic heterocycles. The number of carbonyl (C=O) groups excluding carboxylic acids is 1. The van der Waals surface area contributed by atoms with Gasteiger partial charge in [-0.25, -0.2) is 4.98 Å². The molecule has 0 bridgehead atoms. The third-order valence-corrected chi connectivity index (χ3v) is 3.29. The van der Waals surface area contributed by atoms with Crippen molar-refractivity contribution in [1.82, 2.24) is 4.98 Å². The second kappa shape index (κ2) is 6.01. The largest absolute Gasteiger partial charge is 0.298 e. The van der Waals surface area contributed by atoms with Crippen LogP contribution in [-0.4, -0.2) is 10.9 Å². The van der Waals surface area contributed by atoms with E-state index in [2.05, 4.69) is 43.2 Å². The van der Waals surface area contributed by atoms with Crippen LogP contribution in [0.4, 0.5) is 5.13 Å². The van der Waals surface area contributed by atoms with Crippen molar-refractivity contribution in [3.8, 4) is 0 Å². The Labute approximate surface area is 123 Å². The van der Waals surface area contributed by atoms with Crippen molar-refractivity contribution < 1.29 is 4.79 Å². The van der Waals surface area contributed by atoms with Crippen LogP contribution in [0.25, 0.3) is 6.08 Å². The number of allylic oxidation sites excluding steroid dienone is 1. The first-order valence-electron chi connectivity index (χ1n) is 6.44. The van der Waals surface area contributed by atoms with E-state index in [0.29, 0.717) is 10.7 Å². The van der Waals surface area contributed by atoms with Crippen molar-refractivity contribution in [2.45, 2.75) is 20.8 Å². The second-order valence-electron chi connectivity index (χ2n) is 5.61. The van der Waals surface area contributed by atoms with Crippen molar-refractivity contribution in [1.29, 1.82) is 0 Å². The lowest BCUT2D eigenvalue weighted by Crippen LogP contribution is -2.11. The molecule has 0 fully saturated rings. The molecule has 0 atom stereocenters. The molecule has 20 heavy (non-hydrogen) atoms. The highest BCUT2D eigenvalue weighted by Crippen LogP contribution is 2.18. The van der Waals surface area contributed by atoms with Gasteiger partial charge >= 0.3 is 0 Å². The number of benzene rings is 1. The highest BCUT2D eigenvalue weighted by Gasteiger charge is 2.07. The van der Waals surface area contributed by atoms with Crippen LogP contribution in [0.5, 0.6) is 0 Å². The van der Waals surface area contributed by atoms with Gasteiger partial charge in [0, 0.05) is 17.1 Å². The fourth-order valence-corrected chi connectivity index (χ4v) is 2.07. The molecule has 0 aliphatic carbocycles. The van der Waals surface area contributed by atoms with E-state index in [4.69, 9.17) is 0 Å². The normalized spacial score (nSPS) is 11.8. The summed E-state index contributed by atoms with van der Waals surface area (Å²) in [5, 5.41) is 5.21. The monoisotopic (exact) mass is 286 g/mol. The molecule has 1 heterocycles. The summed E-state index contributed by atoms with van der Waals surface area (Å²) in [6.45, 7) is 6.46. The first-order valence-corrected chi connectivity index (χ1v) is 7.32. The average Bonchev–Trinajstić information content (AvgIpc) is 2.89. The molecule has 2 rings (SSSR count). The zero-order chi connectivity index (χ0) is 14.6. The molecule has 0 unspecified atom stereocenters. The first-order chi connectivity index (χ1) is 9.44. The Hall–Kier alpha value is -1.94. The van der Waals surface area contributed by atoms with Gasteiger partial charge in [-0.15, -0.1) is 11.3 Å². The molecule has 4 heteroatoms. The van der Waals surface area contributed by atoms with Crippen LogP contribution in [0, 0.1) is 5.41 Å². The van der Waals surface area contributed by atoms with Crippen LogP contribution in [0.3, 0.4) is 0 Å². The van der Waals surface area contributed by atoms with Gasteiger partial charge in [0.2, 0.25) is 0 Å². The van der Waals surface area contributed by atoms with Gasteiger partial charge < -0.3 is 0 Å². The Bertz CT molecular complexity index is 592. The maximum Gasteiger partial charge on any atom is 0.257 e. The van der Waals surface area contributed by atoms with Crippen molar-refractivity contribution in [3.63, 3.8) is 0 Å². The summed E-state index contributed by atoms with van der Waals surface area (Å²) in [4.78, 5) is 16.0. The van der Waals surface area contributed by atoms with E-state index in [1.807, 2.05) is 29.6 Å². The van der Waals surface area contributed by atoms with Crippen LogP contribution in [0.15, 0.2) is 41.9 Å². The number of rotatable bonds is 3. The first kappa shape index (κ1) is 14.5. The van der Waals surface area contributed by atoms with E-state index in [-0.39, 0.29) is 11.3 Å². The predicted molar refractivity (Wildman–Crippen MR) is 85.0 cm³/mol. The minimum Gasteiger partial charge on any atom is -0.298 e. The van der Waals surface area contributed by atoms with Crippen molar-refractivity contribution in [2.75, 3.05) is 5.32 Å². The maximum atomic E-state index is 12.0. The standard InChI is InChI=1S/C16H18N2OS/c1-16(2,3)9-8-12-4-6-13(7-5-12)14(19)18-15-17-10-11-20-15/h4-11H,1-3H3,(H,17,18,19). The number of hydrogen-bond acceptors (Lipinski definition) is 3. The van der Waals surface area contributed by atoms with Crippen molar-refractivity contribution in [2.24, 2.45) is 5.41 Å². The van der Waals surface area contributed by atoms with Gasteiger partial charge in [0.25, 0.3) is 5.91 Å². The summed E-state index contributed by atoms with van der Waals surface area (Å²) in [5.74, 6) is -0.133. The molecular weight excluding hydrogens is 268 g/mol. The van der Waals surface area contributed by atoms with E-state index in [9.17, 15) is 4.79 Å². The third-order valence-electron chi connectivity index (χ3n) is 2.60. The number of anilines is 1. The molecule has 1 aromatic carbocycles. The lowest BCUT2D eigenvalue weighted by molar-refractivity contribution is 0.102. The minimum absolute atomic E-state index is 0.133. The van der Waals surface area contributed by atoms with Crippen LogP contribution >= 0.6 is 11.3 Å². The molecule has 1 amide bonds. The van der Waals surface area contributed by atoms with Crippen LogP contribution in [-0.2, 0) is 0 Å². The Morgan fingerprint density at radius 2 is 1.95 bits per heavy atom. The number of nitrogens with one attached hydrogen (secondary N) is 1. The Morgan fingerprint density at radius 3 is 2.50 bits per heavy atom. The quantitative estimate of drug-likeness (QED) is 0.905. The van der Waals surface area contributed by atoms with E-state index >= 15 is 0 Å².